The molecular weight excluding hydrogens is 1860 g/mol. The molecule has 38 heteroatoms. The number of likely N-dealkylation sites (N-methyl/N-ethyl adjacent to an activating group) is 4. The first-order valence-corrected chi connectivity index (χ1v) is 47.2. The van der Waals surface area contributed by atoms with Crippen molar-refractivity contribution in [3.8, 4) is 23.0 Å². The number of nitrogens with one attached hydrogen (secondary N) is 1. The van der Waals surface area contributed by atoms with Gasteiger partial charge in [0.15, 0.2) is 45.7 Å². The molecule has 0 unspecified atom stereocenters. The number of oxazole rings is 3. The number of Topliss-reactive ketones (excluding diaryl/α,β-unsaturated/α-hetero) is 5. The predicted octanol–water partition coefficient (Wildman–Crippen LogP) is 10.5. The van der Waals surface area contributed by atoms with Crippen LogP contribution in [0.15, 0.2) is 240 Å². The Morgan fingerprint density at radius 1 is 0.399 bits per heavy atom. The highest BCUT2D eigenvalue weighted by Crippen LogP contribution is 2.31. The number of piperazine rings is 4. The van der Waals surface area contributed by atoms with E-state index in [0.717, 1.165) is 133 Å². The molecule has 6 N–H and O–H groups in total. The number of non-ortho nitro benzene ring substituents is 1. The number of hydrogen-bond acceptors (Lipinski definition) is 32. The number of anilines is 3. The molecule has 20 rings (SSSR count). The second kappa shape index (κ2) is 48.8. The summed E-state index contributed by atoms with van der Waals surface area (Å²) in [5.74, 6) is -0.433. The highest BCUT2D eigenvalue weighted by molar-refractivity contribution is 6.30. The number of ether oxygens (including phenoxy) is 4. The lowest BCUT2D eigenvalue weighted by molar-refractivity contribution is -0.384. The maximum Gasteiger partial charge on any atom is 0.420 e. The molecule has 0 atom stereocenters. The first kappa shape index (κ1) is 104. The molecule has 1 amide bonds. The molecule has 0 aliphatic carbocycles. The zero-order chi connectivity index (χ0) is 101. The van der Waals surface area contributed by atoms with Gasteiger partial charge >= 0.3 is 41.3 Å². The van der Waals surface area contributed by atoms with Gasteiger partial charge in [-0.1, -0.05) is 91.0 Å². The number of esters is 3. The summed E-state index contributed by atoms with van der Waals surface area (Å²) in [5, 5.41) is 22.4. The van der Waals surface area contributed by atoms with Gasteiger partial charge in [-0.15, -0.1) is 11.6 Å². The van der Waals surface area contributed by atoms with E-state index >= 15 is 0 Å². The number of phenols is 1. The number of para-hydroxylation sites is 3. The van der Waals surface area contributed by atoms with Gasteiger partial charge in [-0.2, -0.15) is 0 Å². The third-order valence-electron chi connectivity index (χ3n) is 24.9. The van der Waals surface area contributed by atoms with Gasteiger partial charge in [-0.3, -0.25) is 87.1 Å². The minimum absolute atomic E-state index is 0.00888. The molecular formula is C105H112ClN15O22. The Balaban J connectivity index is 0.000000138. The fourth-order valence-electron chi connectivity index (χ4n) is 16.6. The van der Waals surface area contributed by atoms with Gasteiger partial charge in [0, 0.05) is 173 Å². The van der Waals surface area contributed by atoms with Crippen LogP contribution in [0.3, 0.4) is 0 Å². The number of carbonyl (C=O) groups is 9. The topological polar surface area (TPSA) is 449 Å². The summed E-state index contributed by atoms with van der Waals surface area (Å²) in [5.41, 5.74) is 23.4. The lowest BCUT2D eigenvalue weighted by atomic mass is 10.1. The quantitative estimate of drug-likeness (QED) is 0.00675. The van der Waals surface area contributed by atoms with Crippen molar-refractivity contribution in [1.82, 2.24) is 52.9 Å². The first-order valence-electron chi connectivity index (χ1n) is 46.7. The summed E-state index contributed by atoms with van der Waals surface area (Å²) in [6.45, 7) is 19.0. The van der Waals surface area contributed by atoms with E-state index in [-0.39, 0.29) is 90.3 Å². The maximum atomic E-state index is 12.8. The largest absolute Gasteiger partial charge is 0.506 e. The van der Waals surface area contributed by atoms with E-state index in [1.165, 1.54) is 21.3 Å². The second-order valence-corrected chi connectivity index (χ2v) is 35.7. The second-order valence-electron chi connectivity index (χ2n) is 35.5. The standard InChI is InChI=1S/C24H28N4O5.C21H22N4O5.C21H24N4O3.C15H18N2O3.C10H7ClO3.C8H6O2.C6H7NO/c1-3-32-23(30)25-19-6-4-5-17(13-19)15-28-20-8-7-18(14-22(20)33-24(28)31)21(29)16-27-11-9-26(2)10-12-27;1-22-7-9-23(10-8-22)14-19(26)16-5-6-18-20(12-16)30-21(27)24(18)13-15-3-2-4-17(11-15)25(28)29;1-23-7-9-24(10-8-23)14-19(26)16-5-6-18-20(12-16)28-21(27)25(18)13-15-3-2-4-17(22)11-15;1-16-4-6-17(7-5-16)10-13(18)11-2-3-12-9-15(19)20-14(12)8-11;11-5-8(12)6-1-2-7-4-10(13)14-9(7)3-6;9-8-5-6-3-1-2-4-7(6)10-8;7-5-3-1-2-4-6(5)8/h4-8,13-14H,3,9-12,15-16H2,1-2H3,(H,25,30);2-6,11-12H,7-10,13-14H2,1H3;2-6,11-12H,7-10,13-14,22H2,1H3;2-3,8H,4-7,9-10H2,1H3;1-3H,4-5H2;1-4H,5H2;1-4,8H,7H2. The number of hydrogen-bond donors (Lipinski definition) is 4. The number of aromatic nitrogens is 3. The highest BCUT2D eigenvalue weighted by Gasteiger charge is 2.29. The Labute approximate surface area is 826 Å². The van der Waals surface area contributed by atoms with Crippen molar-refractivity contribution in [2.24, 2.45) is 0 Å². The number of phenolic OH excluding ortho intramolecular Hbond substituents is 1. The smallest absolute Gasteiger partial charge is 0.420 e. The number of fused-ring (bicyclic) bond motifs is 6. The fraction of sp³-hybridized carbons (Fsp3) is 0.314. The molecule has 13 aromatic rings. The van der Waals surface area contributed by atoms with E-state index in [1.807, 2.05) is 48.5 Å². The molecule has 143 heavy (non-hydrogen) atoms. The van der Waals surface area contributed by atoms with Crippen LogP contribution in [0.4, 0.5) is 27.5 Å². The minimum atomic E-state index is -0.569. The van der Waals surface area contributed by atoms with Gasteiger partial charge in [0.05, 0.1) is 105 Å². The van der Waals surface area contributed by atoms with E-state index in [4.69, 9.17) is 60.4 Å². The molecule has 0 radical (unpaired) electrons. The molecule has 10 heterocycles. The molecule has 7 aliphatic heterocycles. The van der Waals surface area contributed by atoms with Crippen molar-refractivity contribution in [2.75, 3.05) is 188 Å². The van der Waals surface area contributed by atoms with E-state index < -0.39 is 28.3 Å². The van der Waals surface area contributed by atoms with Crippen LogP contribution in [-0.2, 0) is 58.0 Å². The number of nitrogens with two attached hydrogens (primary N) is 2. The van der Waals surface area contributed by atoms with Crippen molar-refractivity contribution in [3.05, 3.63) is 315 Å². The number of aromatic hydroxyl groups is 1. The minimum Gasteiger partial charge on any atom is -0.506 e. The van der Waals surface area contributed by atoms with Gasteiger partial charge in [-0.25, -0.2) is 19.2 Å². The number of nitro groups is 1. The zero-order valence-electron chi connectivity index (χ0n) is 79.9. The number of nitrogen functional groups attached to an aromatic ring is 2. The number of rotatable bonds is 23. The Kier molecular flexibility index (Phi) is 35.4. The average Bonchev–Trinajstić information content (AvgIpc) is 1.66. The van der Waals surface area contributed by atoms with Gasteiger partial charge in [0.1, 0.15) is 23.0 Å². The average molecular weight is 1970 g/mol. The Morgan fingerprint density at radius 3 is 1.13 bits per heavy atom. The number of ketones is 5. The molecule has 10 aromatic carbocycles. The summed E-state index contributed by atoms with van der Waals surface area (Å²) in [4.78, 5) is 171. The van der Waals surface area contributed by atoms with Crippen molar-refractivity contribution in [1.29, 1.82) is 0 Å². The zero-order valence-corrected chi connectivity index (χ0v) is 80.7. The normalized spacial score (nSPS) is 15.4. The Morgan fingerprint density at radius 2 is 0.748 bits per heavy atom. The summed E-state index contributed by atoms with van der Waals surface area (Å²) < 4.78 is 40.4. The molecule has 3 aromatic heterocycles. The van der Waals surface area contributed by atoms with Gasteiger partial charge in [0.2, 0.25) is 0 Å². The van der Waals surface area contributed by atoms with Gasteiger partial charge < -0.3 is 68.4 Å². The van der Waals surface area contributed by atoms with Crippen LogP contribution in [0.25, 0.3) is 33.3 Å². The molecule has 0 spiro atoms. The Bertz CT molecular complexity index is 6980. The number of amides is 1. The highest BCUT2D eigenvalue weighted by atomic mass is 35.5. The summed E-state index contributed by atoms with van der Waals surface area (Å²) in [7, 11) is 8.32. The Hall–Kier alpha value is -15.2. The molecule has 37 nitrogen and oxygen atoms in total. The summed E-state index contributed by atoms with van der Waals surface area (Å²) in [6.07, 6.45) is 0.484. The lowest BCUT2D eigenvalue weighted by Gasteiger charge is -2.31. The van der Waals surface area contributed by atoms with Crippen molar-refractivity contribution in [3.63, 3.8) is 0 Å². The van der Waals surface area contributed by atoms with Gasteiger partial charge in [-0.05, 0) is 161 Å². The third-order valence-corrected chi connectivity index (χ3v) is 25.1. The third kappa shape index (κ3) is 28.6. The molecule has 4 saturated heterocycles. The molecule has 0 bridgehead atoms. The lowest BCUT2D eigenvalue weighted by Crippen LogP contribution is -2.46. The van der Waals surface area contributed by atoms with E-state index in [2.05, 4.69) is 72.7 Å². The number of halogens is 1. The van der Waals surface area contributed by atoms with Crippen LogP contribution in [0.1, 0.15) is 92.1 Å². The van der Waals surface area contributed by atoms with Crippen molar-refractivity contribution in [2.45, 2.75) is 45.8 Å². The van der Waals surface area contributed by atoms with Crippen LogP contribution in [-0.4, -0.2) is 287 Å². The van der Waals surface area contributed by atoms with Crippen molar-refractivity contribution >= 4 is 121 Å². The molecule has 746 valence electrons. The molecule has 7 aliphatic rings. The maximum absolute atomic E-state index is 12.8. The number of benzene rings is 10. The summed E-state index contributed by atoms with van der Waals surface area (Å²) in [6, 6.07) is 60.4. The number of nitro benzene ring substituents is 1. The monoisotopic (exact) mass is 1970 g/mol. The molecule has 0 saturated carbocycles. The fourth-order valence-corrected chi connectivity index (χ4v) is 16.8. The van der Waals surface area contributed by atoms with Crippen LogP contribution < -0.4 is 48.3 Å². The van der Waals surface area contributed by atoms with Crippen LogP contribution in [0.5, 0.6) is 23.0 Å². The van der Waals surface area contributed by atoms with Crippen molar-refractivity contribution < 1.29 is 85.4 Å². The van der Waals surface area contributed by atoms with Crippen LogP contribution in [0.2, 0.25) is 0 Å². The number of alkyl halides is 1. The number of nitrogens with zero attached hydrogens (tertiary/aromatic N) is 12. The van der Waals surface area contributed by atoms with Crippen LogP contribution in [0, 0.1) is 10.1 Å². The summed E-state index contributed by atoms with van der Waals surface area (Å²) >= 11 is 5.41. The van der Waals surface area contributed by atoms with Gasteiger partial charge in [0.25, 0.3) is 5.69 Å². The van der Waals surface area contributed by atoms with Crippen LogP contribution >= 0.6 is 11.6 Å². The van der Waals surface area contributed by atoms with E-state index in [1.54, 1.807) is 163 Å². The first-order chi connectivity index (χ1) is 68.8. The predicted molar refractivity (Wildman–Crippen MR) is 538 cm³/mol. The SMILES string of the molecule is CCOC(=O)Nc1cccc(Cn2c(=O)oc3cc(C(=O)CN4CCN(C)CC4)ccc32)c1.CN1CCN(CC(=O)c2ccc3c(c2)OC(=O)C3)CC1.CN1CCN(CC(=O)c2ccc3c(c2)oc(=O)n3Cc2cccc(N)c2)CC1.CN1CCN(CC(=O)c2ccc3c(c2)oc(=O)n3Cc2cccc([N+](=O)[O-])c2)CC1.Nc1ccccc1O.O=C1Cc2ccc(C(=O)CCl)cc2O1.O=C1Cc2ccccc2O1. The number of carbonyl (C=O) groups excluding carboxylic acids is 9. The van der Waals surface area contributed by atoms with E-state index in [9.17, 15) is 67.6 Å². The molecule has 4 fully saturated rings. The van der Waals surface area contributed by atoms with E-state index in [0.29, 0.717) is 147 Å².